The predicted octanol–water partition coefficient (Wildman–Crippen LogP) is 1.88. The van der Waals surface area contributed by atoms with Gasteiger partial charge < -0.3 is 5.73 Å². The van der Waals surface area contributed by atoms with Crippen molar-refractivity contribution in [2.75, 3.05) is 0 Å². The molecule has 0 aliphatic heterocycles. The van der Waals surface area contributed by atoms with Crippen LogP contribution < -0.4 is 5.73 Å². The maximum atomic E-state index is 10.7. The third-order valence-corrected chi connectivity index (χ3v) is 1.91. The Morgan fingerprint density at radius 1 is 1.46 bits per heavy atom. The molecule has 0 fully saturated rings. The smallest absolute Gasteiger partial charge is 0.221 e. The average molecular weight is 175 g/mol. The third kappa shape index (κ3) is 2.44. The fourth-order valence-corrected chi connectivity index (χ4v) is 1.28. The molecule has 0 saturated heterocycles. The molecule has 2 N–H and O–H groups in total. The molecule has 0 aliphatic rings. The summed E-state index contributed by atoms with van der Waals surface area (Å²) in [5.41, 5.74) is 8.00. The average Bonchev–Trinajstić information content (AvgIpc) is 2.03. The molecule has 2 nitrogen and oxygen atoms in total. The summed E-state index contributed by atoms with van der Waals surface area (Å²) in [4.78, 5) is 10.7. The Labute approximate surface area is 78.1 Å². The molecule has 1 amide bonds. The minimum atomic E-state index is -0.340. The van der Waals surface area contributed by atoms with Crippen LogP contribution in [0.2, 0.25) is 0 Å². The van der Waals surface area contributed by atoms with Crippen molar-refractivity contribution in [3.05, 3.63) is 42.0 Å². The van der Waals surface area contributed by atoms with E-state index in [0.717, 1.165) is 16.7 Å². The molecule has 0 spiro atoms. The number of benzene rings is 1. The molecule has 0 saturated carbocycles. The van der Waals surface area contributed by atoms with E-state index in [-0.39, 0.29) is 12.3 Å². The van der Waals surface area contributed by atoms with Gasteiger partial charge in [-0.1, -0.05) is 30.8 Å². The van der Waals surface area contributed by atoms with E-state index in [4.69, 9.17) is 5.73 Å². The standard InChI is InChI=1S/C11H13NO/c1-8-5-3-4-6-10(8)9(2)7-11(12)13/h3-6H,2,7H2,1H3,(H2,12,13). The summed E-state index contributed by atoms with van der Waals surface area (Å²) in [5, 5.41) is 0. The summed E-state index contributed by atoms with van der Waals surface area (Å²) < 4.78 is 0. The fourth-order valence-electron chi connectivity index (χ4n) is 1.28. The fraction of sp³-hybridized carbons (Fsp3) is 0.182. The lowest BCUT2D eigenvalue weighted by Gasteiger charge is -2.06. The maximum absolute atomic E-state index is 10.7. The van der Waals surface area contributed by atoms with Gasteiger partial charge >= 0.3 is 0 Å². The Hall–Kier alpha value is -1.57. The Morgan fingerprint density at radius 2 is 2.08 bits per heavy atom. The second-order valence-electron chi connectivity index (χ2n) is 3.06. The van der Waals surface area contributed by atoms with Gasteiger partial charge in [-0.15, -0.1) is 0 Å². The van der Waals surface area contributed by atoms with E-state index in [0.29, 0.717) is 0 Å². The third-order valence-electron chi connectivity index (χ3n) is 1.91. The van der Waals surface area contributed by atoms with Crippen LogP contribution in [-0.4, -0.2) is 5.91 Å². The number of amides is 1. The van der Waals surface area contributed by atoms with Crippen LogP contribution >= 0.6 is 0 Å². The molecular formula is C11H13NO. The van der Waals surface area contributed by atoms with E-state index < -0.39 is 0 Å². The van der Waals surface area contributed by atoms with E-state index in [1.54, 1.807) is 0 Å². The number of carbonyl (C=O) groups is 1. The zero-order valence-corrected chi connectivity index (χ0v) is 7.71. The van der Waals surface area contributed by atoms with Crippen molar-refractivity contribution >= 4 is 11.5 Å². The van der Waals surface area contributed by atoms with Gasteiger partial charge in [-0.25, -0.2) is 0 Å². The molecule has 0 heterocycles. The molecular weight excluding hydrogens is 162 g/mol. The molecule has 0 atom stereocenters. The molecule has 0 unspecified atom stereocenters. The molecule has 68 valence electrons. The number of carbonyl (C=O) groups excluding carboxylic acids is 1. The molecule has 13 heavy (non-hydrogen) atoms. The van der Waals surface area contributed by atoms with Crippen molar-refractivity contribution in [1.29, 1.82) is 0 Å². The normalized spacial score (nSPS) is 9.62. The van der Waals surface area contributed by atoms with Crippen molar-refractivity contribution in [3.8, 4) is 0 Å². The van der Waals surface area contributed by atoms with Crippen LogP contribution in [0.15, 0.2) is 30.8 Å². The van der Waals surface area contributed by atoms with Crippen molar-refractivity contribution < 1.29 is 4.79 Å². The number of hydrogen-bond donors (Lipinski definition) is 1. The first kappa shape index (κ1) is 9.52. The summed E-state index contributed by atoms with van der Waals surface area (Å²) in [7, 11) is 0. The highest BCUT2D eigenvalue weighted by Gasteiger charge is 2.04. The van der Waals surface area contributed by atoms with E-state index in [1.165, 1.54) is 0 Å². The van der Waals surface area contributed by atoms with Gasteiger partial charge in [0.1, 0.15) is 0 Å². The lowest BCUT2D eigenvalue weighted by molar-refractivity contribution is -0.117. The Balaban J connectivity index is 2.89. The number of nitrogens with two attached hydrogens (primary N) is 1. The maximum Gasteiger partial charge on any atom is 0.221 e. The van der Waals surface area contributed by atoms with Crippen LogP contribution in [0.4, 0.5) is 0 Å². The van der Waals surface area contributed by atoms with Crippen LogP contribution in [0.5, 0.6) is 0 Å². The predicted molar refractivity (Wildman–Crippen MR) is 54.0 cm³/mol. The van der Waals surface area contributed by atoms with Gasteiger partial charge in [0, 0.05) is 0 Å². The molecule has 0 aromatic heterocycles. The van der Waals surface area contributed by atoms with Crippen molar-refractivity contribution in [1.82, 2.24) is 0 Å². The van der Waals surface area contributed by atoms with E-state index in [1.807, 2.05) is 31.2 Å². The van der Waals surface area contributed by atoms with E-state index >= 15 is 0 Å². The van der Waals surface area contributed by atoms with Crippen molar-refractivity contribution in [2.45, 2.75) is 13.3 Å². The molecule has 0 bridgehead atoms. The Bertz CT molecular complexity index is 342. The van der Waals surface area contributed by atoms with E-state index in [9.17, 15) is 4.79 Å². The zero-order valence-electron chi connectivity index (χ0n) is 7.71. The topological polar surface area (TPSA) is 43.1 Å². The number of aryl methyl sites for hydroxylation is 1. The number of hydrogen-bond acceptors (Lipinski definition) is 1. The Kier molecular flexibility index (Phi) is 2.85. The van der Waals surface area contributed by atoms with Crippen molar-refractivity contribution in [3.63, 3.8) is 0 Å². The first-order valence-corrected chi connectivity index (χ1v) is 4.13. The monoisotopic (exact) mass is 175 g/mol. The van der Waals surface area contributed by atoms with Gasteiger partial charge in [-0.05, 0) is 23.6 Å². The van der Waals surface area contributed by atoms with Gasteiger partial charge in [-0.3, -0.25) is 4.79 Å². The highest BCUT2D eigenvalue weighted by molar-refractivity contribution is 5.87. The van der Waals surface area contributed by atoms with Crippen LogP contribution in [-0.2, 0) is 4.79 Å². The largest absolute Gasteiger partial charge is 0.369 e. The second-order valence-corrected chi connectivity index (χ2v) is 3.06. The Morgan fingerprint density at radius 3 is 2.62 bits per heavy atom. The van der Waals surface area contributed by atoms with Crippen LogP contribution in [0.25, 0.3) is 5.57 Å². The van der Waals surface area contributed by atoms with Gasteiger partial charge in [0.15, 0.2) is 0 Å². The molecule has 0 aliphatic carbocycles. The quantitative estimate of drug-likeness (QED) is 0.748. The molecule has 0 radical (unpaired) electrons. The van der Waals surface area contributed by atoms with Crippen molar-refractivity contribution in [2.24, 2.45) is 5.73 Å². The molecule has 1 aromatic carbocycles. The van der Waals surface area contributed by atoms with Gasteiger partial charge in [0.05, 0.1) is 6.42 Å². The van der Waals surface area contributed by atoms with E-state index in [2.05, 4.69) is 6.58 Å². The van der Waals surface area contributed by atoms with Gasteiger partial charge in [-0.2, -0.15) is 0 Å². The second kappa shape index (κ2) is 3.90. The highest BCUT2D eigenvalue weighted by atomic mass is 16.1. The first-order valence-electron chi connectivity index (χ1n) is 4.13. The summed E-state index contributed by atoms with van der Waals surface area (Å²) in [6.07, 6.45) is 0.227. The van der Waals surface area contributed by atoms with Gasteiger partial charge in [0.25, 0.3) is 0 Å². The molecule has 1 rings (SSSR count). The summed E-state index contributed by atoms with van der Waals surface area (Å²) in [6.45, 7) is 5.81. The SMILES string of the molecule is C=C(CC(N)=O)c1ccccc1C. The molecule has 2 heteroatoms. The minimum absolute atomic E-state index is 0.227. The zero-order chi connectivity index (χ0) is 9.84. The summed E-state index contributed by atoms with van der Waals surface area (Å²) in [5.74, 6) is -0.340. The highest BCUT2D eigenvalue weighted by Crippen LogP contribution is 2.19. The lowest BCUT2D eigenvalue weighted by atomic mass is 10.00. The summed E-state index contributed by atoms with van der Waals surface area (Å²) >= 11 is 0. The molecule has 1 aromatic rings. The minimum Gasteiger partial charge on any atom is -0.369 e. The number of primary amides is 1. The number of rotatable bonds is 3. The van der Waals surface area contributed by atoms with Crippen LogP contribution in [0.3, 0.4) is 0 Å². The van der Waals surface area contributed by atoms with Crippen LogP contribution in [0.1, 0.15) is 17.5 Å². The summed E-state index contributed by atoms with van der Waals surface area (Å²) in [6, 6.07) is 7.81. The first-order chi connectivity index (χ1) is 6.11. The van der Waals surface area contributed by atoms with Gasteiger partial charge in [0.2, 0.25) is 5.91 Å². The lowest BCUT2D eigenvalue weighted by Crippen LogP contribution is -2.10. The van der Waals surface area contributed by atoms with Crippen LogP contribution in [0, 0.1) is 6.92 Å².